The quantitative estimate of drug-likeness (QED) is 0.889. The first-order valence-electron chi connectivity index (χ1n) is 5.55. The predicted molar refractivity (Wildman–Crippen MR) is 67.6 cm³/mol. The molecule has 2 aromatic rings. The summed E-state index contributed by atoms with van der Waals surface area (Å²) in [5.74, 6) is 1.56. The summed E-state index contributed by atoms with van der Waals surface area (Å²) < 4.78 is 5.35. The minimum atomic E-state index is 0.144. The van der Waals surface area contributed by atoms with Crippen molar-refractivity contribution in [1.82, 2.24) is 9.97 Å². The molecule has 0 saturated heterocycles. The van der Waals surface area contributed by atoms with E-state index in [1.807, 2.05) is 37.3 Å². The van der Waals surface area contributed by atoms with Crippen LogP contribution < -0.4 is 10.1 Å². The molecule has 0 saturated carbocycles. The lowest BCUT2D eigenvalue weighted by Crippen LogP contribution is -1.97. The molecule has 0 fully saturated rings. The van der Waals surface area contributed by atoms with Gasteiger partial charge in [0.05, 0.1) is 6.61 Å². The Kier molecular flexibility index (Phi) is 3.72. The Morgan fingerprint density at radius 2 is 2.06 bits per heavy atom. The monoisotopic (exact) mass is 240 g/mol. The van der Waals surface area contributed by atoms with Crippen LogP contribution in [0.25, 0.3) is 0 Å². The van der Waals surface area contributed by atoms with Crippen LogP contribution in [0.3, 0.4) is 0 Å². The highest BCUT2D eigenvalue weighted by molar-refractivity contribution is 5.57. The van der Waals surface area contributed by atoms with E-state index in [-0.39, 0.29) is 5.82 Å². The summed E-state index contributed by atoms with van der Waals surface area (Å²) in [6, 6.07) is 11.1. The van der Waals surface area contributed by atoms with E-state index in [1.165, 1.54) is 0 Å². The van der Waals surface area contributed by atoms with Gasteiger partial charge in [-0.05, 0) is 37.3 Å². The van der Waals surface area contributed by atoms with Crippen LogP contribution in [0.2, 0.25) is 0 Å². The number of nitriles is 1. The lowest BCUT2D eigenvalue weighted by atomic mass is 10.3. The molecule has 18 heavy (non-hydrogen) atoms. The van der Waals surface area contributed by atoms with Gasteiger partial charge in [0.25, 0.3) is 0 Å². The average molecular weight is 240 g/mol. The van der Waals surface area contributed by atoms with Crippen molar-refractivity contribution >= 4 is 11.5 Å². The molecular formula is C13H12N4O. The van der Waals surface area contributed by atoms with Gasteiger partial charge >= 0.3 is 0 Å². The fraction of sp³-hybridized carbons (Fsp3) is 0.154. The second-order valence-corrected chi connectivity index (χ2v) is 3.46. The number of benzene rings is 1. The zero-order valence-corrected chi connectivity index (χ0v) is 9.92. The first kappa shape index (κ1) is 11.9. The number of nitrogens with zero attached hydrogens (tertiary/aromatic N) is 3. The molecule has 0 radical (unpaired) electrons. The molecule has 0 amide bonds. The maximum Gasteiger partial charge on any atom is 0.234 e. The Bertz CT molecular complexity index is 560. The number of anilines is 2. The Morgan fingerprint density at radius 3 is 2.72 bits per heavy atom. The van der Waals surface area contributed by atoms with E-state index in [2.05, 4.69) is 15.3 Å². The van der Waals surface area contributed by atoms with E-state index in [4.69, 9.17) is 10.00 Å². The lowest BCUT2D eigenvalue weighted by Gasteiger charge is -2.07. The molecule has 1 heterocycles. The molecule has 5 heteroatoms. The molecule has 0 aliphatic rings. The van der Waals surface area contributed by atoms with Gasteiger partial charge in [0, 0.05) is 11.9 Å². The third-order valence-electron chi connectivity index (χ3n) is 2.19. The van der Waals surface area contributed by atoms with Crippen LogP contribution in [0.5, 0.6) is 5.75 Å². The first-order chi connectivity index (χ1) is 8.81. The molecule has 1 aromatic heterocycles. The van der Waals surface area contributed by atoms with Crippen LogP contribution in [-0.4, -0.2) is 16.6 Å². The van der Waals surface area contributed by atoms with Crippen LogP contribution in [0, 0.1) is 11.3 Å². The summed E-state index contributed by atoms with van der Waals surface area (Å²) in [4.78, 5) is 7.84. The summed E-state index contributed by atoms with van der Waals surface area (Å²) >= 11 is 0. The van der Waals surface area contributed by atoms with E-state index >= 15 is 0 Å². The topological polar surface area (TPSA) is 70.8 Å². The fourth-order valence-corrected chi connectivity index (χ4v) is 1.43. The molecule has 0 atom stereocenters. The Labute approximate surface area is 105 Å². The van der Waals surface area contributed by atoms with Crippen molar-refractivity contribution in [3.05, 3.63) is 42.4 Å². The molecule has 0 aliphatic heterocycles. The summed E-state index contributed by atoms with van der Waals surface area (Å²) in [6.45, 7) is 2.58. The van der Waals surface area contributed by atoms with Crippen molar-refractivity contribution in [3.8, 4) is 11.8 Å². The lowest BCUT2D eigenvalue weighted by molar-refractivity contribution is 0.340. The van der Waals surface area contributed by atoms with Gasteiger partial charge in [0.2, 0.25) is 5.82 Å². The van der Waals surface area contributed by atoms with Crippen molar-refractivity contribution in [2.45, 2.75) is 6.92 Å². The van der Waals surface area contributed by atoms with Gasteiger partial charge in [-0.2, -0.15) is 5.26 Å². The van der Waals surface area contributed by atoms with Crippen LogP contribution in [0.1, 0.15) is 12.7 Å². The van der Waals surface area contributed by atoms with Crippen LogP contribution in [0.4, 0.5) is 11.5 Å². The summed E-state index contributed by atoms with van der Waals surface area (Å²) in [6.07, 6.45) is 1.54. The predicted octanol–water partition coefficient (Wildman–Crippen LogP) is 2.49. The molecule has 0 aliphatic carbocycles. The number of nitrogens with one attached hydrogen (secondary N) is 1. The number of hydrogen-bond donors (Lipinski definition) is 1. The van der Waals surface area contributed by atoms with Crippen molar-refractivity contribution in [3.63, 3.8) is 0 Å². The Balaban J connectivity index is 2.11. The standard InChI is InChI=1S/C13H12N4O/c1-2-18-11-5-3-10(4-6-11)16-12-7-8-15-13(9-14)17-12/h3-8H,2H2,1H3,(H,15,16,17). The van der Waals surface area contributed by atoms with Crippen molar-refractivity contribution in [1.29, 1.82) is 5.26 Å². The highest BCUT2D eigenvalue weighted by Gasteiger charge is 1.99. The van der Waals surface area contributed by atoms with Gasteiger partial charge < -0.3 is 10.1 Å². The minimum Gasteiger partial charge on any atom is -0.494 e. The second-order valence-electron chi connectivity index (χ2n) is 3.46. The van der Waals surface area contributed by atoms with Gasteiger partial charge in [-0.1, -0.05) is 0 Å². The van der Waals surface area contributed by atoms with E-state index in [0.29, 0.717) is 12.4 Å². The van der Waals surface area contributed by atoms with Crippen LogP contribution in [-0.2, 0) is 0 Å². The molecule has 90 valence electrons. The third-order valence-corrected chi connectivity index (χ3v) is 2.19. The number of aromatic nitrogens is 2. The third kappa shape index (κ3) is 2.95. The van der Waals surface area contributed by atoms with E-state index in [1.54, 1.807) is 12.3 Å². The summed E-state index contributed by atoms with van der Waals surface area (Å²) in [7, 11) is 0. The zero-order valence-electron chi connectivity index (χ0n) is 9.92. The second kappa shape index (κ2) is 5.64. The number of rotatable bonds is 4. The summed E-state index contributed by atoms with van der Waals surface area (Å²) in [5.41, 5.74) is 0.876. The molecular weight excluding hydrogens is 228 g/mol. The van der Waals surface area contributed by atoms with Gasteiger partial charge in [-0.15, -0.1) is 0 Å². The summed E-state index contributed by atoms with van der Waals surface area (Å²) in [5, 5.41) is 11.8. The molecule has 1 N–H and O–H groups in total. The molecule has 1 aromatic carbocycles. The average Bonchev–Trinajstić information content (AvgIpc) is 2.42. The molecule has 5 nitrogen and oxygen atoms in total. The highest BCUT2D eigenvalue weighted by Crippen LogP contribution is 2.18. The molecule has 0 unspecified atom stereocenters. The van der Waals surface area contributed by atoms with Crippen LogP contribution >= 0.6 is 0 Å². The maximum absolute atomic E-state index is 8.70. The van der Waals surface area contributed by atoms with E-state index in [9.17, 15) is 0 Å². The fourth-order valence-electron chi connectivity index (χ4n) is 1.43. The van der Waals surface area contributed by atoms with Gasteiger partial charge in [-0.3, -0.25) is 0 Å². The smallest absolute Gasteiger partial charge is 0.234 e. The molecule has 0 spiro atoms. The molecule has 0 bridgehead atoms. The van der Waals surface area contributed by atoms with Gasteiger partial charge in [0.15, 0.2) is 0 Å². The SMILES string of the molecule is CCOc1ccc(Nc2ccnc(C#N)n2)cc1. The van der Waals surface area contributed by atoms with Gasteiger partial charge in [-0.25, -0.2) is 9.97 Å². The minimum absolute atomic E-state index is 0.144. The number of ether oxygens (including phenoxy) is 1. The van der Waals surface area contributed by atoms with E-state index in [0.717, 1.165) is 11.4 Å². The van der Waals surface area contributed by atoms with Gasteiger partial charge in [0.1, 0.15) is 17.6 Å². The maximum atomic E-state index is 8.70. The first-order valence-corrected chi connectivity index (χ1v) is 5.55. The molecule has 2 rings (SSSR count). The largest absolute Gasteiger partial charge is 0.494 e. The van der Waals surface area contributed by atoms with Crippen molar-refractivity contribution in [2.24, 2.45) is 0 Å². The van der Waals surface area contributed by atoms with Crippen molar-refractivity contribution in [2.75, 3.05) is 11.9 Å². The van der Waals surface area contributed by atoms with Crippen LogP contribution in [0.15, 0.2) is 36.5 Å². The Hall–Kier alpha value is -2.61. The highest BCUT2D eigenvalue weighted by atomic mass is 16.5. The Morgan fingerprint density at radius 1 is 1.28 bits per heavy atom. The zero-order chi connectivity index (χ0) is 12.8. The van der Waals surface area contributed by atoms with Crippen molar-refractivity contribution < 1.29 is 4.74 Å². The van der Waals surface area contributed by atoms with E-state index < -0.39 is 0 Å². The number of hydrogen-bond acceptors (Lipinski definition) is 5. The normalized spacial score (nSPS) is 9.56.